The Morgan fingerprint density at radius 3 is 1.40 bits per heavy atom. The van der Waals surface area contributed by atoms with Gasteiger partial charge in [-0.1, -0.05) is 71.8 Å². The van der Waals surface area contributed by atoms with Crippen LogP contribution in [0.1, 0.15) is 51.4 Å². The lowest BCUT2D eigenvalue weighted by atomic mass is 10.2. The summed E-state index contributed by atoms with van der Waals surface area (Å²) in [5.74, 6) is -2.52. The molecule has 0 unspecified atom stereocenters. The van der Waals surface area contributed by atoms with E-state index < -0.39 is 17.8 Å². The molecule has 4 amide bonds. The van der Waals surface area contributed by atoms with Gasteiger partial charge in [0.05, 0.1) is 7.11 Å². The molecule has 0 spiro atoms. The van der Waals surface area contributed by atoms with E-state index in [1.54, 1.807) is 0 Å². The molecule has 256 valence electrons. The minimum Gasteiger partial charge on any atom is -0.478 e. The number of nitrogens with one attached hydrogen (secondary N) is 4. The van der Waals surface area contributed by atoms with E-state index >= 15 is 0 Å². The van der Waals surface area contributed by atoms with Gasteiger partial charge >= 0.3 is 11.9 Å². The zero-order valence-corrected chi connectivity index (χ0v) is 29.0. The molecule has 0 atom stereocenters. The van der Waals surface area contributed by atoms with Gasteiger partial charge in [0.1, 0.15) is 0 Å². The molecule has 0 aliphatic carbocycles. The number of rotatable bonds is 18. The molecule has 13 heteroatoms. The van der Waals surface area contributed by atoms with Crippen LogP contribution in [0.15, 0.2) is 85.0 Å². The average molecular weight is 765 g/mol. The fraction of sp³-hybridized carbons (Fsp3) is 0.353. The van der Waals surface area contributed by atoms with Gasteiger partial charge in [-0.25, -0.2) is 9.59 Å². The first-order chi connectivity index (χ1) is 22.7. The van der Waals surface area contributed by atoms with E-state index in [0.717, 1.165) is 74.2 Å². The molecule has 0 bridgehead atoms. The minimum atomic E-state index is -1.15. The molecule has 2 rings (SSSR count). The molecule has 0 saturated heterocycles. The summed E-state index contributed by atoms with van der Waals surface area (Å²) in [5.41, 5.74) is 1.58. The van der Waals surface area contributed by atoms with Crippen LogP contribution in [-0.4, -0.2) is 65.8 Å². The standard InChI is InChI=1S/C17H22N2O4.C16H20N2O4.CH3I/c1-23-17(22)12-11-15(20)18-13-7-3-6-10-16(21)19-14-8-4-2-5-9-14;19-14(10-11-16(21)22)17-12-6-2-5-9-15(20)18-13-7-3-1-4-8-13;1-2/h2,4-5,8-9,11-12H,3,6-7,10,13H2,1H3,(H,18,20)(H,19,21);1,3-4,7-8,10-11H,2,5-6,9,12H2,(H,17,19)(H,18,20)(H,21,22);1H3/b12-11-;11-10-;. The molecule has 0 aliphatic heterocycles. The first-order valence-corrected chi connectivity index (χ1v) is 17.2. The lowest BCUT2D eigenvalue weighted by Crippen LogP contribution is -2.22. The number of esters is 1. The van der Waals surface area contributed by atoms with Crippen LogP contribution in [0.5, 0.6) is 0 Å². The predicted molar refractivity (Wildman–Crippen MR) is 191 cm³/mol. The van der Waals surface area contributed by atoms with E-state index in [9.17, 15) is 28.8 Å². The highest BCUT2D eigenvalue weighted by molar-refractivity contribution is 14.1. The summed E-state index contributed by atoms with van der Waals surface area (Å²) in [4.78, 5) is 68.8. The zero-order valence-electron chi connectivity index (χ0n) is 26.8. The summed E-state index contributed by atoms with van der Waals surface area (Å²) < 4.78 is 4.38. The molecular weight excluding hydrogens is 719 g/mol. The van der Waals surface area contributed by atoms with Crippen molar-refractivity contribution < 1.29 is 38.6 Å². The number of carboxylic acids is 1. The van der Waals surface area contributed by atoms with Crippen LogP contribution in [0.4, 0.5) is 11.4 Å². The van der Waals surface area contributed by atoms with Crippen molar-refractivity contribution in [1.29, 1.82) is 0 Å². The number of aliphatic carboxylic acids is 1. The molecule has 47 heavy (non-hydrogen) atoms. The van der Waals surface area contributed by atoms with Gasteiger partial charge in [0.2, 0.25) is 23.6 Å². The Hall–Kier alpha value is -4.53. The number of para-hydroxylation sites is 2. The highest BCUT2D eigenvalue weighted by Gasteiger charge is 2.03. The molecule has 0 radical (unpaired) electrons. The summed E-state index contributed by atoms with van der Waals surface area (Å²) in [6, 6.07) is 18.6. The molecule has 5 N–H and O–H groups in total. The number of carbonyl (C=O) groups is 6. The van der Waals surface area contributed by atoms with Crippen LogP contribution in [-0.2, 0) is 33.5 Å². The van der Waals surface area contributed by atoms with Gasteiger partial charge in [-0.2, -0.15) is 0 Å². The molecular formula is C34H45IN4O8. The van der Waals surface area contributed by atoms with Crippen molar-refractivity contribution >= 4 is 69.5 Å². The maximum atomic E-state index is 11.7. The van der Waals surface area contributed by atoms with Crippen LogP contribution in [0, 0.1) is 0 Å². The maximum absolute atomic E-state index is 11.7. The third-order valence-corrected chi connectivity index (χ3v) is 5.82. The Kier molecular flexibility index (Phi) is 26.1. The monoisotopic (exact) mass is 764 g/mol. The molecule has 2 aromatic carbocycles. The third kappa shape index (κ3) is 26.4. The second-order valence-corrected chi connectivity index (χ2v) is 9.56. The van der Waals surface area contributed by atoms with E-state index in [-0.39, 0.29) is 17.7 Å². The van der Waals surface area contributed by atoms with Crippen LogP contribution in [0.2, 0.25) is 0 Å². The van der Waals surface area contributed by atoms with E-state index in [1.807, 2.05) is 65.6 Å². The van der Waals surface area contributed by atoms with Crippen molar-refractivity contribution in [3.63, 3.8) is 0 Å². The maximum Gasteiger partial charge on any atom is 0.330 e. The van der Waals surface area contributed by atoms with E-state index in [2.05, 4.69) is 48.6 Å². The van der Waals surface area contributed by atoms with Crippen molar-refractivity contribution in [2.24, 2.45) is 0 Å². The van der Waals surface area contributed by atoms with Gasteiger partial charge in [-0.15, -0.1) is 0 Å². The largest absolute Gasteiger partial charge is 0.478 e. The number of carbonyl (C=O) groups excluding carboxylic acids is 5. The highest BCUT2D eigenvalue weighted by atomic mass is 127. The molecule has 0 heterocycles. The molecule has 0 aromatic heterocycles. The first-order valence-electron chi connectivity index (χ1n) is 15.0. The highest BCUT2D eigenvalue weighted by Crippen LogP contribution is 2.08. The quantitative estimate of drug-likeness (QED) is 0.0462. The molecule has 12 nitrogen and oxygen atoms in total. The number of amides is 4. The number of hydrogen-bond donors (Lipinski definition) is 5. The Labute approximate surface area is 289 Å². The number of unbranched alkanes of at least 4 members (excludes halogenated alkanes) is 4. The Morgan fingerprint density at radius 1 is 0.617 bits per heavy atom. The Morgan fingerprint density at radius 2 is 1.02 bits per heavy atom. The first kappa shape index (κ1) is 42.5. The lowest BCUT2D eigenvalue weighted by molar-refractivity contribution is -0.135. The third-order valence-electron chi connectivity index (χ3n) is 5.82. The predicted octanol–water partition coefficient (Wildman–Crippen LogP) is 5.02. The van der Waals surface area contributed by atoms with Crippen molar-refractivity contribution in [2.45, 2.75) is 51.4 Å². The summed E-state index contributed by atoms with van der Waals surface area (Å²) in [6.07, 6.45) is 9.52. The van der Waals surface area contributed by atoms with Crippen molar-refractivity contribution in [3.05, 3.63) is 85.0 Å². The second kappa shape index (κ2) is 28.9. The number of alkyl halides is 1. The van der Waals surface area contributed by atoms with Crippen LogP contribution in [0.3, 0.4) is 0 Å². The summed E-state index contributed by atoms with van der Waals surface area (Å²) >= 11 is 2.15. The van der Waals surface area contributed by atoms with Gasteiger partial charge in [0, 0.05) is 61.6 Å². The van der Waals surface area contributed by atoms with Gasteiger partial charge in [-0.3, -0.25) is 19.2 Å². The molecule has 0 fully saturated rings. The molecule has 0 saturated carbocycles. The van der Waals surface area contributed by atoms with Gasteiger partial charge in [-0.05, 0) is 54.9 Å². The zero-order chi connectivity index (χ0) is 35.1. The summed E-state index contributed by atoms with van der Waals surface area (Å²) in [6.45, 7) is 0.966. The number of halogens is 1. The van der Waals surface area contributed by atoms with Crippen LogP contribution >= 0.6 is 22.6 Å². The lowest BCUT2D eigenvalue weighted by Gasteiger charge is -2.05. The summed E-state index contributed by atoms with van der Waals surface area (Å²) in [5, 5.41) is 19.2. The van der Waals surface area contributed by atoms with Crippen LogP contribution in [0.25, 0.3) is 0 Å². The van der Waals surface area contributed by atoms with E-state index in [4.69, 9.17) is 5.11 Å². The number of ether oxygens (including phenoxy) is 1. The fourth-order valence-electron chi connectivity index (χ4n) is 3.56. The van der Waals surface area contributed by atoms with Crippen LogP contribution < -0.4 is 21.3 Å². The van der Waals surface area contributed by atoms with Crippen molar-refractivity contribution in [1.82, 2.24) is 10.6 Å². The van der Waals surface area contributed by atoms with Gasteiger partial charge in [0.25, 0.3) is 0 Å². The van der Waals surface area contributed by atoms with Gasteiger partial charge in [0.15, 0.2) is 0 Å². The fourth-order valence-corrected chi connectivity index (χ4v) is 3.56. The van der Waals surface area contributed by atoms with Gasteiger partial charge < -0.3 is 31.1 Å². The second-order valence-electron chi connectivity index (χ2n) is 9.56. The molecule has 2 aromatic rings. The van der Waals surface area contributed by atoms with Crippen molar-refractivity contribution in [2.75, 3.05) is 35.8 Å². The Balaban J connectivity index is 0.000000856. The number of hydrogen-bond acceptors (Lipinski definition) is 7. The number of methoxy groups -OCH3 is 1. The summed E-state index contributed by atoms with van der Waals surface area (Å²) in [7, 11) is 1.25. The average Bonchev–Trinajstić information content (AvgIpc) is 3.07. The topological polar surface area (TPSA) is 180 Å². The molecule has 0 aliphatic rings. The van der Waals surface area contributed by atoms with E-state index in [0.29, 0.717) is 25.9 Å². The number of benzene rings is 2. The number of carboxylic acid groups (broad SMARTS) is 1. The van der Waals surface area contributed by atoms with E-state index in [1.165, 1.54) is 7.11 Å². The Bertz CT molecular complexity index is 1270. The minimum absolute atomic E-state index is 0.0127. The SMILES string of the molecule is CI.COC(=O)/C=C\C(=O)NCCCCCC(=O)Nc1ccccc1.O=C(O)/C=C\C(=O)NCCCCCC(=O)Nc1ccccc1. The van der Waals surface area contributed by atoms with Crippen molar-refractivity contribution in [3.8, 4) is 0 Å². The normalized spacial score (nSPS) is 10.0. The smallest absolute Gasteiger partial charge is 0.330 e. The number of anilines is 2.